The Morgan fingerprint density at radius 1 is 1.42 bits per heavy atom. The summed E-state index contributed by atoms with van der Waals surface area (Å²) in [6.45, 7) is 0.607. The molecule has 1 saturated heterocycles. The Kier molecular flexibility index (Phi) is 4.96. The number of hydrogen-bond donors (Lipinski definition) is 2. The molecule has 0 aromatic heterocycles. The van der Waals surface area contributed by atoms with Crippen molar-refractivity contribution in [3.63, 3.8) is 0 Å². The van der Waals surface area contributed by atoms with Crippen LogP contribution in [0.2, 0.25) is 0 Å². The van der Waals surface area contributed by atoms with Crippen LogP contribution in [-0.2, 0) is 9.53 Å². The van der Waals surface area contributed by atoms with Gasteiger partial charge in [-0.1, -0.05) is 11.8 Å². The van der Waals surface area contributed by atoms with E-state index in [1.54, 1.807) is 12.1 Å². The van der Waals surface area contributed by atoms with Crippen LogP contribution in [0.25, 0.3) is 0 Å². The number of aliphatic hydroxyl groups excluding tert-OH is 1. The molecule has 2 N–H and O–H groups in total. The summed E-state index contributed by atoms with van der Waals surface area (Å²) in [6, 6.07) is 7.22. The molecule has 1 aliphatic rings. The summed E-state index contributed by atoms with van der Waals surface area (Å²) in [7, 11) is 0. The number of carbonyl (C=O) groups excluding carboxylic acids is 1. The summed E-state index contributed by atoms with van der Waals surface area (Å²) in [5.41, 5.74) is 1.56. The molecule has 19 heavy (non-hydrogen) atoms. The number of hydrogen-bond acceptors (Lipinski definition) is 3. The van der Waals surface area contributed by atoms with Gasteiger partial charge in [-0.05, 0) is 37.1 Å². The quantitative estimate of drug-likeness (QED) is 0.809. The van der Waals surface area contributed by atoms with E-state index in [0.29, 0.717) is 6.42 Å². The van der Waals surface area contributed by atoms with Gasteiger partial charge in [-0.15, -0.1) is 0 Å². The number of benzene rings is 1. The molecule has 0 radical (unpaired) electrons. The molecule has 0 saturated carbocycles. The van der Waals surface area contributed by atoms with Crippen molar-refractivity contribution < 1.29 is 14.6 Å². The van der Waals surface area contributed by atoms with Crippen LogP contribution >= 0.6 is 0 Å². The minimum atomic E-state index is -0.153. The lowest BCUT2D eigenvalue weighted by molar-refractivity contribution is -0.118. The Hall–Kier alpha value is -1.83. The molecule has 0 aliphatic carbocycles. The van der Waals surface area contributed by atoms with Crippen molar-refractivity contribution in [3.8, 4) is 11.8 Å². The first-order valence-electron chi connectivity index (χ1n) is 6.39. The molecular weight excluding hydrogens is 242 g/mol. The van der Waals surface area contributed by atoms with Crippen molar-refractivity contribution in [2.75, 3.05) is 18.5 Å². The van der Waals surface area contributed by atoms with Crippen LogP contribution in [0.15, 0.2) is 24.3 Å². The van der Waals surface area contributed by atoms with Crippen LogP contribution in [0.4, 0.5) is 5.69 Å². The van der Waals surface area contributed by atoms with E-state index < -0.39 is 0 Å². The van der Waals surface area contributed by atoms with Gasteiger partial charge in [-0.2, -0.15) is 0 Å². The second kappa shape index (κ2) is 6.93. The van der Waals surface area contributed by atoms with Gasteiger partial charge in [0.25, 0.3) is 0 Å². The number of aliphatic hydroxyl groups is 1. The van der Waals surface area contributed by atoms with Crippen molar-refractivity contribution in [3.05, 3.63) is 29.8 Å². The molecule has 1 unspecified atom stereocenters. The molecule has 1 aliphatic heterocycles. The largest absolute Gasteiger partial charge is 0.384 e. The Morgan fingerprint density at radius 2 is 2.21 bits per heavy atom. The summed E-state index contributed by atoms with van der Waals surface area (Å²) >= 11 is 0. The van der Waals surface area contributed by atoms with E-state index in [1.165, 1.54) is 0 Å². The predicted molar refractivity (Wildman–Crippen MR) is 72.6 cm³/mol. The van der Waals surface area contributed by atoms with Gasteiger partial charge in [0.15, 0.2) is 0 Å². The van der Waals surface area contributed by atoms with Crippen LogP contribution in [0.3, 0.4) is 0 Å². The highest BCUT2D eigenvalue weighted by Crippen LogP contribution is 2.16. The van der Waals surface area contributed by atoms with E-state index in [9.17, 15) is 4.79 Å². The monoisotopic (exact) mass is 259 g/mol. The molecule has 2 rings (SSSR count). The van der Waals surface area contributed by atoms with Gasteiger partial charge in [0, 0.05) is 17.9 Å². The Morgan fingerprint density at radius 3 is 2.84 bits per heavy atom. The fraction of sp³-hybridized carbons (Fsp3) is 0.400. The standard InChI is InChI=1S/C15H17NO3/c17-9-1-3-12-5-7-13(8-6-12)16-15(18)11-14-4-2-10-19-14/h5-8,14,17H,2,4,9-11H2,(H,16,18). The van der Waals surface area contributed by atoms with E-state index in [4.69, 9.17) is 9.84 Å². The topological polar surface area (TPSA) is 58.6 Å². The van der Waals surface area contributed by atoms with Crippen LogP contribution in [0.5, 0.6) is 0 Å². The molecule has 0 spiro atoms. The minimum Gasteiger partial charge on any atom is -0.384 e. The highest BCUT2D eigenvalue weighted by molar-refractivity contribution is 5.91. The molecule has 0 bridgehead atoms. The molecule has 100 valence electrons. The highest BCUT2D eigenvalue weighted by atomic mass is 16.5. The molecule has 1 fully saturated rings. The highest BCUT2D eigenvalue weighted by Gasteiger charge is 2.18. The van der Waals surface area contributed by atoms with E-state index in [-0.39, 0.29) is 18.6 Å². The minimum absolute atomic E-state index is 0.0268. The lowest BCUT2D eigenvalue weighted by Crippen LogP contribution is -2.19. The first-order chi connectivity index (χ1) is 9.28. The smallest absolute Gasteiger partial charge is 0.226 e. The normalized spacial score (nSPS) is 17.6. The summed E-state index contributed by atoms with van der Waals surface area (Å²) in [5, 5.41) is 11.4. The zero-order chi connectivity index (χ0) is 13.5. The third-order valence-corrected chi connectivity index (χ3v) is 2.92. The number of amides is 1. The van der Waals surface area contributed by atoms with Crippen molar-refractivity contribution in [2.45, 2.75) is 25.4 Å². The molecular formula is C15H17NO3. The zero-order valence-electron chi connectivity index (χ0n) is 10.7. The van der Waals surface area contributed by atoms with Crippen molar-refractivity contribution >= 4 is 11.6 Å². The average Bonchev–Trinajstić information content (AvgIpc) is 2.90. The van der Waals surface area contributed by atoms with Gasteiger partial charge in [-0.25, -0.2) is 0 Å². The second-order valence-corrected chi connectivity index (χ2v) is 4.42. The number of rotatable bonds is 3. The van der Waals surface area contributed by atoms with Crippen molar-refractivity contribution in [1.82, 2.24) is 0 Å². The van der Waals surface area contributed by atoms with Gasteiger partial charge >= 0.3 is 0 Å². The lowest BCUT2D eigenvalue weighted by atomic mass is 10.1. The maximum Gasteiger partial charge on any atom is 0.226 e. The van der Waals surface area contributed by atoms with Gasteiger partial charge in [-0.3, -0.25) is 4.79 Å². The van der Waals surface area contributed by atoms with E-state index in [0.717, 1.165) is 30.7 Å². The average molecular weight is 259 g/mol. The fourth-order valence-corrected chi connectivity index (χ4v) is 2.00. The third kappa shape index (κ3) is 4.40. The zero-order valence-corrected chi connectivity index (χ0v) is 10.7. The van der Waals surface area contributed by atoms with Gasteiger partial charge in [0.2, 0.25) is 5.91 Å². The molecule has 1 aromatic rings. The molecule has 1 heterocycles. The van der Waals surface area contributed by atoms with E-state index in [1.807, 2.05) is 12.1 Å². The molecule has 1 aromatic carbocycles. The van der Waals surface area contributed by atoms with Crippen molar-refractivity contribution in [1.29, 1.82) is 0 Å². The molecule has 1 amide bonds. The van der Waals surface area contributed by atoms with Crippen LogP contribution in [-0.4, -0.2) is 30.3 Å². The van der Waals surface area contributed by atoms with Crippen LogP contribution in [0.1, 0.15) is 24.8 Å². The Balaban J connectivity index is 1.86. The first kappa shape index (κ1) is 13.6. The SMILES string of the molecule is O=C(CC1CCCO1)Nc1ccc(C#CCO)cc1. The summed E-state index contributed by atoms with van der Waals surface area (Å²) in [4.78, 5) is 11.8. The van der Waals surface area contributed by atoms with Gasteiger partial charge in [0.05, 0.1) is 12.5 Å². The Bertz CT molecular complexity index is 478. The van der Waals surface area contributed by atoms with Crippen LogP contribution in [0, 0.1) is 11.8 Å². The molecule has 1 atom stereocenters. The summed E-state index contributed by atoms with van der Waals surface area (Å²) < 4.78 is 5.42. The molecule has 4 heteroatoms. The third-order valence-electron chi connectivity index (χ3n) is 2.92. The second-order valence-electron chi connectivity index (χ2n) is 4.42. The van der Waals surface area contributed by atoms with Crippen molar-refractivity contribution in [2.24, 2.45) is 0 Å². The van der Waals surface area contributed by atoms with E-state index >= 15 is 0 Å². The van der Waals surface area contributed by atoms with Crippen LogP contribution < -0.4 is 5.32 Å². The molecule has 4 nitrogen and oxygen atoms in total. The predicted octanol–water partition coefficient (Wildman–Crippen LogP) is 1.54. The number of nitrogens with one attached hydrogen (secondary N) is 1. The van der Waals surface area contributed by atoms with E-state index in [2.05, 4.69) is 17.2 Å². The first-order valence-corrected chi connectivity index (χ1v) is 6.39. The Labute approximate surface area is 112 Å². The van der Waals surface area contributed by atoms with Gasteiger partial charge < -0.3 is 15.2 Å². The number of ether oxygens (including phenoxy) is 1. The number of anilines is 1. The number of carbonyl (C=O) groups is 1. The maximum atomic E-state index is 11.8. The fourth-order valence-electron chi connectivity index (χ4n) is 2.00. The summed E-state index contributed by atoms with van der Waals surface area (Å²) in [6.07, 6.45) is 2.47. The maximum absolute atomic E-state index is 11.8. The summed E-state index contributed by atoms with van der Waals surface area (Å²) in [5.74, 6) is 5.35. The lowest BCUT2D eigenvalue weighted by Gasteiger charge is -2.09. The van der Waals surface area contributed by atoms with Gasteiger partial charge in [0.1, 0.15) is 6.61 Å².